The Hall–Kier alpha value is -0.830. The molecule has 3 nitrogen and oxygen atoms in total. The van der Waals surface area contributed by atoms with Crippen LogP contribution in [0.4, 0.5) is 0 Å². The van der Waals surface area contributed by atoms with E-state index in [2.05, 4.69) is 29.0 Å². The lowest BCUT2D eigenvalue weighted by Crippen LogP contribution is -2.41. The maximum atomic E-state index is 5.93. The Morgan fingerprint density at radius 3 is 2.53 bits per heavy atom. The lowest BCUT2D eigenvalue weighted by molar-refractivity contribution is 0.359. The third-order valence-electron chi connectivity index (χ3n) is 3.62. The molecule has 3 heteroatoms. The molecule has 0 saturated carbocycles. The molecule has 0 spiro atoms. The first kappa shape index (κ1) is 16.2. The van der Waals surface area contributed by atoms with Crippen molar-refractivity contribution < 1.29 is 0 Å². The van der Waals surface area contributed by atoms with Gasteiger partial charge in [0.25, 0.3) is 0 Å². The van der Waals surface area contributed by atoms with E-state index >= 15 is 0 Å². The second-order valence-electron chi connectivity index (χ2n) is 5.44. The van der Waals surface area contributed by atoms with Gasteiger partial charge in [0.15, 0.2) is 0 Å². The maximum absolute atomic E-state index is 5.93. The van der Waals surface area contributed by atoms with Gasteiger partial charge in [-0.05, 0) is 39.0 Å². The molecule has 0 aliphatic carbocycles. The van der Waals surface area contributed by atoms with E-state index in [0.717, 1.165) is 19.5 Å². The molecule has 110 valence electrons. The Morgan fingerprint density at radius 2 is 1.89 bits per heavy atom. The minimum Gasteiger partial charge on any atom is -0.343 e. The van der Waals surface area contributed by atoms with E-state index in [-0.39, 0.29) is 6.17 Å². The number of allylic oxidation sites excluding steroid dienone is 2. The monoisotopic (exact) mass is 265 g/mol. The fourth-order valence-corrected chi connectivity index (χ4v) is 2.46. The summed E-state index contributed by atoms with van der Waals surface area (Å²) in [6.07, 6.45) is 14.8. The molecule has 1 heterocycles. The van der Waals surface area contributed by atoms with Gasteiger partial charge < -0.3 is 10.6 Å². The van der Waals surface area contributed by atoms with Crippen molar-refractivity contribution in [2.75, 3.05) is 13.1 Å². The quantitative estimate of drug-likeness (QED) is 0.483. The third kappa shape index (κ3) is 6.76. The van der Waals surface area contributed by atoms with Crippen LogP contribution in [0.5, 0.6) is 0 Å². The Balaban J connectivity index is 2.02. The second-order valence-corrected chi connectivity index (χ2v) is 5.44. The fourth-order valence-electron chi connectivity index (χ4n) is 2.46. The minimum atomic E-state index is 0.111. The van der Waals surface area contributed by atoms with Crippen molar-refractivity contribution >= 4 is 5.84 Å². The topological polar surface area (TPSA) is 41.6 Å². The molecule has 0 amide bonds. The van der Waals surface area contributed by atoms with E-state index in [0.29, 0.717) is 0 Å². The molecule has 0 aromatic heterocycles. The van der Waals surface area contributed by atoms with Gasteiger partial charge in [-0.25, -0.2) is 0 Å². The van der Waals surface area contributed by atoms with Crippen LogP contribution in [-0.2, 0) is 0 Å². The second kappa shape index (κ2) is 10.0. The van der Waals surface area contributed by atoms with Gasteiger partial charge in [0.1, 0.15) is 5.84 Å². The van der Waals surface area contributed by atoms with E-state index in [1.807, 2.05) is 6.92 Å². The Bertz CT molecular complexity index is 282. The van der Waals surface area contributed by atoms with Crippen LogP contribution in [0.25, 0.3) is 0 Å². The first-order chi connectivity index (χ1) is 9.25. The van der Waals surface area contributed by atoms with Gasteiger partial charge in [-0.2, -0.15) is 0 Å². The zero-order valence-corrected chi connectivity index (χ0v) is 12.8. The SMILES string of the molecule is CCCCC/C=C/CCCCC1=NCCN1C(C)N. The summed E-state index contributed by atoms with van der Waals surface area (Å²) in [4.78, 5) is 6.79. The number of nitrogens with two attached hydrogens (primary N) is 1. The predicted octanol–water partition coefficient (Wildman–Crippen LogP) is 3.70. The smallest absolute Gasteiger partial charge is 0.100 e. The average molecular weight is 265 g/mol. The number of unbranched alkanes of at least 4 members (excludes halogenated alkanes) is 5. The van der Waals surface area contributed by atoms with Gasteiger partial charge >= 0.3 is 0 Å². The minimum absolute atomic E-state index is 0.111. The van der Waals surface area contributed by atoms with Crippen LogP contribution in [0, 0.1) is 0 Å². The first-order valence-corrected chi connectivity index (χ1v) is 7.96. The summed E-state index contributed by atoms with van der Waals surface area (Å²) >= 11 is 0. The molecule has 1 aliphatic heterocycles. The molecule has 0 aromatic rings. The molecule has 19 heavy (non-hydrogen) atoms. The Labute approximate surface area is 119 Å². The summed E-state index contributed by atoms with van der Waals surface area (Å²) in [7, 11) is 0. The van der Waals surface area contributed by atoms with E-state index < -0.39 is 0 Å². The van der Waals surface area contributed by atoms with Gasteiger partial charge in [-0.15, -0.1) is 0 Å². The lowest BCUT2D eigenvalue weighted by Gasteiger charge is -2.24. The van der Waals surface area contributed by atoms with Crippen molar-refractivity contribution in [2.24, 2.45) is 10.7 Å². The van der Waals surface area contributed by atoms with Crippen molar-refractivity contribution in [2.45, 2.75) is 71.4 Å². The van der Waals surface area contributed by atoms with Crippen LogP contribution in [0.15, 0.2) is 17.1 Å². The number of amidine groups is 1. The van der Waals surface area contributed by atoms with E-state index in [4.69, 9.17) is 5.73 Å². The molecular formula is C16H31N3. The highest BCUT2D eigenvalue weighted by Gasteiger charge is 2.18. The van der Waals surface area contributed by atoms with Gasteiger partial charge in [-0.1, -0.05) is 31.9 Å². The van der Waals surface area contributed by atoms with Gasteiger partial charge in [-0.3, -0.25) is 4.99 Å². The Kier molecular flexibility index (Phi) is 8.55. The first-order valence-electron chi connectivity index (χ1n) is 7.96. The zero-order valence-electron chi connectivity index (χ0n) is 12.8. The highest BCUT2D eigenvalue weighted by Crippen LogP contribution is 2.11. The number of rotatable bonds is 10. The molecule has 0 bridgehead atoms. The van der Waals surface area contributed by atoms with Crippen LogP contribution in [0.3, 0.4) is 0 Å². The van der Waals surface area contributed by atoms with Gasteiger partial charge in [0.2, 0.25) is 0 Å². The summed E-state index contributed by atoms with van der Waals surface area (Å²) in [6.45, 7) is 6.22. The number of hydrogen-bond donors (Lipinski definition) is 1. The molecular weight excluding hydrogens is 234 g/mol. The number of nitrogens with zero attached hydrogens (tertiary/aromatic N) is 2. The van der Waals surface area contributed by atoms with Crippen LogP contribution < -0.4 is 5.73 Å². The summed E-state index contributed by atoms with van der Waals surface area (Å²) < 4.78 is 0. The average Bonchev–Trinajstić information content (AvgIpc) is 2.85. The normalized spacial score (nSPS) is 17.2. The summed E-state index contributed by atoms with van der Waals surface area (Å²) in [5, 5.41) is 0. The fraction of sp³-hybridized carbons (Fsp3) is 0.812. The number of hydrogen-bond acceptors (Lipinski definition) is 3. The summed E-state index contributed by atoms with van der Waals surface area (Å²) in [6, 6.07) is 0. The molecule has 0 fully saturated rings. The molecule has 1 aliphatic rings. The van der Waals surface area contributed by atoms with Gasteiger partial charge in [0, 0.05) is 13.0 Å². The molecule has 1 atom stereocenters. The lowest BCUT2D eigenvalue weighted by atomic mass is 10.1. The van der Waals surface area contributed by atoms with Crippen molar-refractivity contribution in [3.05, 3.63) is 12.2 Å². The summed E-state index contributed by atoms with van der Waals surface area (Å²) in [5.41, 5.74) is 5.93. The van der Waals surface area contributed by atoms with Crippen molar-refractivity contribution in [1.29, 1.82) is 0 Å². The van der Waals surface area contributed by atoms with Gasteiger partial charge in [0.05, 0.1) is 12.7 Å². The Morgan fingerprint density at radius 1 is 1.21 bits per heavy atom. The molecule has 0 aromatic carbocycles. The largest absolute Gasteiger partial charge is 0.343 e. The molecule has 2 N–H and O–H groups in total. The van der Waals surface area contributed by atoms with Crippen LogP contribution in [-0.4, -0.2) is 30.0 Å². The van der Waals surface area contributed by atoms with Crippen molar-refractivity contribution in [3.63, 3.8) is 0 Å². The van der Waals surface area contributed by atoms with Crippen molar-refractivity contribution in [1.82, 2.24) is 4.90 Å². The molecule has 1 rings (SSSR count). The van der Waals surface area contributed by atoms with E-state index in [1.165, 1.54) is 50.8 Å². The zero-order chi connectivity index (χ0) is 13.9. The highest BCUT2D eigenvalue weighted by atomic mass is 15.3. The van der Waals surface area contributed by atoms with Crippen LogP contribution in [0.2, 0.25) is 0 Å². The van der Waals surface area contributed by atoms with Crippen LogP contribution in [0.1, 0.15) is 65.2 Å². The number of aliphatic imine (C=N–C) groups is 1. The van der Waals surface area contributed by atoms with Crippen molar-refractivity contribution in [3.8, 4) is 0 Å². The predicted molar refractivity (Wildman–Crippen MR) is 84.4 cm³/mol. The standard InChI is InChI=1S/C16H31N3/c1-3-4-5-6-7-8-9-10-11-12-16-18-13-14-19(16)15(2)17/h7-8,15H,3-6,9-14,17H2,1-2H3/b8-7+. The molecule has 0 saturated heterocycles. The highest BCUT2D eigenvalue weighted by molar-refractivity contribution is 5.83. The molecule has 0 radical (unpaired) electrons. The maximum Gasteiger partial charge on any atom is 0.100 e. The van der Waals surface area contributed by atoms with Crippen LogP contribution >= 0.6 is 0 Å². The summed E-state index contributed by atoms with van der Waals surface area (Å²) in [5.74, 6) is 1.22. The third-order valence-corrected chi connectivity index (χ3v) is 3.62. The van der Waals surface area contributed by atoms with E-state index in [1.54, 1.807) is 0 Å². The molecule has 1 unspecified atom stereocenters. The van der Waals surface area contributed by atoms with E-state index in [9.17, 15) is 0 Å².